The van der Waals surface area contributed by atoms with Crippen LogP contribution in [-0.2, 0) is 13.4 Å². The smallest absolute Gasteiger partial charge is 0.781 e. The van der Waals surface area contributed by atoms with Crippen LogP contribution in [0.4, 0.5) is 0 Å². The standard InChI is InChI=1S/CH3BrO.Ca.H4O5P2/c2-1-3;;1-6(2)5-7(3)4/h3H,1H2;;6-7H,(H,1,2)(H,3,4)/q;+2;/p-2. The number of halogens is 1. The predicted octanol–water partition coefficient (Wildman–Crippen LogP) is -1.55. The quantitative estimate of drug-likeness (QED) is 0.375. The van der Waals surface area contributed by atoms with E-state index < -0.39 is 16.5 Å². The molecule has 10 heteroatoms. The molecule has 11 heavy (non-hydrogen) atoms. The summed E-state index contributed by atoms with van der Waals surface area (Å²) in [4.78, 5) is 18.6. The maximum Gasteiger partial charge on any atom is 2.00 e. The molecule has 0 fully saturated rings. The number of rotatable bonds is 2. The maximum absolute atomic E-state index is 9.29. The van der Waals surface area contributed by atoms with Gasteiger partial charge in [-0.3, -0.25) is 4.31 Å². The maximum atomic E-state index is 9.29. The molecule has 0 bridgehead atoms. The van der Waals surface area contributed by atoms with Crippen molar-refractivity contribution in [1.82, 2.24) is 0 Å². The van der Waals surface area contributed by atoms with Crippen LogP contribution in [0.3, 0.4) is 0 Å². The third-order valence-electron chi connectivity index (χ3n) is 0.167. The van der Waals surface area contributed by atoms with Crippen molar-refractivity contribution in [3.63, 3.8) is 0 Å². The molecule has 64 valence electrons. The van der Waals surface area contributed by atoms with Crippen LogP contribution in [0.1, 0.15) is 0 Å². The summed E-state index contributed by atoms with van der Waals surface area (Å²) in [6.07, 6.45) is 0. The van der Waals surface area contributed by atoms with Crippen molar-refractivity contribution >= 4 is 70.2 Å². The van der Waals surface area contributed by atoms with Crippen LogP contribution in [0.15, 0.2) is 0 Å². The first-order valence-corrected chi connectivity index (χ1v) is 5.38. The molecule has 0 aliphatic carbocycles. The van der Waals surface area contributed by atoms with Crippen molar-refractivity contribution in [2.45, 2.75) is 0 Å². The predicted molar refractivity (Wildman–Crippen MR) is 40.9 cm³/mol. The molecular formula is CH5BrCaO6P2. The summed E-state index contributed by atoms with van der Waals surface area (Å²) in [6, 6.07) is 0. The second-order valence-electron chi connectivity index (χ2n) is 0.722. The minimum atomic E-state index is -3.51. The van der Waals surface area contributed by atoms with Crippen molar-refractivity contribution in [3.8, 4) is 0 Å². The van der Waals surface area contributed by atoms with Crippen LogP contribution < -0.4 is 9.79 Å². The van der Waals surface area contributed by atoms with Crippen molar-refractivity contribution in [1.29, 1.82) is 0 Å². The molecule has 0 aromatic rings. The Kier molecular flexibility index (Phi) is 24.8. The number of aliphatic hydroxyl groups is 1. The SMILES string of the molecule is O=[PH]([O-])O[PH](=O)[O-].OCBr.[Ca+2]. The molecule has 6 nitrogen and oxygen atoms in total. The Balaban J connectivity index is -0.000000140. The molecule has 0 rings (SSSR count). The van der Waals surface area contributed by atoms with E-state index >= 15 is 0 Å². The van der Waals surface area contributed by atoms with E-state index in [4.69, 9.17) is 5.11 Å². The van der Waals surface area contributed by atoms with Gasteiger partial charge in [-0.1, -0.05) is 15.9 Å². The van der Waals surface area contributed by atoms with Crippen molar-refractivity contribution < 1.29 is 28.3 Å². The van der Waals surface area contributed by atoms with E-state index in [0.717, 1.165) is 0 Å². The van der Waals surface area contributed by atoms with E-state index in [-0.39, 0.29) is 43.3 Å². The van der Waals surface area contributed by atoms with Crippen molar-refractivity contribution in [3.05, 3.63) is 0 Å². The summed E-state index contributed by atoms with van der Waals surface area (Å²) in [5.41, 5.74) is 0.0625. The molecule has 2 atom stereocenters. The van der Waals surface area contributed by atoms with E-state index in [0.29, 0.717) is 0 Å². The van der Waals surface area contributed by atoms with E-state index in [9.17, 15) is 18.9 Å². The van der Waals surface area contributed by atoms with Crippen LogP contribution in [0.25, 0.3) is 0 Å². The number of hydrogen-bond acceptors (Lipinski definition) is 6. The zero-order chi connectivity index (χ0) is 8.57. The van der Waals surface area contributed by atoms with Crippen molar-refractivity contribution in [2.24, 2.45) is 0 Å². The van der Waals surface area contributed by atoms with Gasteiger partial charge in [0.2, 0.25) is 0 Å². The fourth-order valence-corrected chi connectivity index (χ4v) is 0.612. The summed E-state index contributed by atoms with van der Waals surface area (Å²) >= 11 is 2.70. The summed E-state index contributed by atoms with van der Waals surface area (Å²) in [5, 5.41) is 7.49. The fourth-order valence-electron chi connectivity index (χ4n) is 0.0680. The van der Waals surface area contributed by atoms with Crippen molar-refractivity contribution in [2.75, 3.05) is 5.52 Å². The first kappa shape index (κ1) is 18.8. The van der Waals surface area contributed by atoms with Crippen LogP contribution >= 0.6 is 32.4 Å². The van der Waals surface area contributed by atoms with Crippen LogP contribution in [0.5, 0.6) is 0 Å². The Morgan fingerprint density at radius 2 is 1.55 bits per heavy atom. The third kappa shape index (κ3) is 33.3. The Morgan fingerprint density at radius 1 is 1.36 bits per heavy atom. The monoisotopic (exact) mass is 294 g/mol. The van der Waals surface area contributed by atoms with E-state index in [1.165, 1.54) is 0 Å². The van der Waals surface area contributed by atoms with Gasteiger partial charge in [0, 0.05) is 0 Å². The van der Waals surface area contributed by atoms with Gasteiger partial charge >= 0.3 is 37.7 Å². The Morgan fingerprint density at radius 3 is 1.55 bits per heavy atom. The Hall–Kier alpha value is 2.04. The molecule has 0 saturated carbocycles. The molecule has 0 heterocycles. The minimum absolute atomic E-state index is 0. The zero-order valence-electron chi connectivity index (χ0n) is 5.28. The number of aliphatic hydroxyl groups excluding tert-OH is 1. The minimum Gasteiger partial charge on any atom is -0.781 e. The zero-order valence-corrected chi connectivity index (χ0v) is 11.1. The normalized spacial score (nSPS) is 13.5. The molecular weight excluding hydrogens is 290 g/mol. The van der Waals surface area contributed by atoms with Gasteiger partial charge in [0.15, 0.2) is 0 Å². The molecule has 0 aliphatic rings. The van der Waals surface area contributed by atoms with Gasteiger partial charge in [0.1, 0.15) is 16.5 Å². The third-order valence-corrected chi connectivity index (χ3v) is 1.50. The van der Waals surface area contributed by atoms with E-state index in [2.05, 4.69) is 20.2 Å². The van der Waals surface area contributed by atoms with Crippen LogP contribution in [0, 0.1) is 0 Å². The Labute approximate surface area is 103 Å². The fraction of sp³-hybridized carbons (Fsp3) is 1.00. The first-order valence-electron chi connectivity index (χ1n) is 1.81. The summed E-state index contributed by atoms with van der Waals surface area (Å²) < 4.78 is 21.8. The molecule has 0 aliphatic heterocycles. The second-order valence-corrected chi connectivity index (χ2v) is 3.04. The summed E-state index contributed by atoms with van der Waals surface area (Å²) in [5.74, 6) is 0. The van der Waals surface area contributed by atoms with Crippen LogP contribution in [0.2, 0.25) is 0 Å². The molecule has 0 aromatic carbocycles. The number of hydrogen-bond donors (Lipinski definition) is 1. The molecule has 2 unspecified atom stereocenters. The van der Waals surface area contributed by atoms with E-state index in [1.54, 1.807) is 0 Å². The molecule has 0 radical (unpaired) electrons. The van der Waals surface area contributed by atoms with Gasteiger partial charge < -0.3 is 24.0 Å². The average Bonchev–Trinajstić information content (AvgIpc) is 1.62. The molecule has 1 N–H and O–H groups in total. The topological polar surface area (TPSA) is 110 Å². The molecule has 0 aromatic heterocycles. The molecule has 0 saturated heterocycles. The number of alkyl halides is 1. The second kappa shape index (κ2) is 14.6. The van der Waals surface area contributed by atoms with Gasteiger partial charge in [-0.15, -0.1) is 0 Å². The van der Waals surface area contributed by atoms with Crippen LogP contribution in [-0.4, -0.2) is 48.4 Å². The van der Waals surface area contributed by atoms with Gasteiger partial charge in [-0.2, -0.15) is 0 Å². The van der Waals surface area contributed by atoms with Gasteiger partial charge in [0.25, 0.3) is 0 Å². The van der Waals surface area contributed by atoms with Gasteiger partial charge in [-0.05, 0) is 0 Å². The molecule has 0 spiro atoms. The van der Waals surface area contributed by atoms with Gasteiger partial charge in [-0.25, -0.2) is 0 Å². The molecule has 0 amide bonds. The Bertz CT molecular complexity index is 107. The largest absolute Gasteiger partial charge is 2.00 e. The van der Waals surface area contributed by atoms with E-state index in [1.807, 2.05) is 0 Å². The summed E-state index contributed by atoms with van der Waals surface area (Å²) in [7, 11) is -7.03. The first-order chi connectivity index (χ1) is 4.54. The average molecular weight is 295 g/mol. The summed E-state index contributed by atoms with van der Waals surface area (Å²) in [6.45, 7) is 0. The van der Waals surface area contributed by atoms with Gasteiger partial charge in [0.05, 0.1) is 5.52 Å².